The van der Waals surface area contributed by atoms with Gasteiger partial charge in [0.2, 0.25) is 0 Å². The number of aliphatic hydroxyl groups excluding tert-OH is 1. The first-order valence-electron chi connectivity index (χ1n) is 5.86. The molecule has 0 aromatic carbocycles. The zero-order valence-electron chi connectivity index (χ0n) is 9.64. The molecule has 0 aromatic heterocycles. The Bertz CT molecular complexity index is 264. The minimum absolute atomic E-state index is 0.0211. The van der Waals surface area contributed by atoms with E-state index in [9.17, 15) is 5.11 Å². The van der Waals surface area contributed by atoms with E-state index in [1.54, 1.807) is 3.59 Å². The first-order chi connectivity index (χ1) is 6.47. The molecule has 0 radical (unpaired) electrons. The zero-order chi connectivity index (χ0) is 10.4. The second kappa shape index (κ2) is 3.51. The fraction of sp³-hybridized carbons (Fsp3) is 0.833. The Morgan fingerprint density at radius 1 is 1.36 bits per heavy atom. The van der Waals surface area contributed by atoms with Crippen molar-refractivity contribution in [2.45, 2.75) is 53.0 Å². The van der Waals surface area contributed by atoms with Crippen LogP contribution < -0.4 is 0 Å². The molecule has 0 amide bonds. The Morgan fingerprint density at radius 2 is 2.07 bits per heavy atom. The van der Waals surface area contributed by atoms with Crippen molar-refractivity contribution in [1.29, 1.82) is 0 Å². The molecule has 1 saturated carbocycles. The summed E-state index contributed by atoms with van der Waals surface area (Å²) in [6.45, 7) is 0. The molecule has 0 bridgehead atoms. The third-order valence-electron chi connectivity index (χ3n) is 4.02. The summed E-state index contributed by atoms with van der Waals surface area (Å²) in [5.41, 5.74) is 0.258. The zero-order valence-corrected chi connectivity index (χ0v) is 12.5. The van der Waals surface area contributed by atoms with Crippen molar-refractivity contribution in [3.8, 4) is 0 Å². The average molecular weight is 301 g/mol. The molecule has 1 N–H and O–H groups in total. The Labute approximate surface area is 91.5 Å². The number of hydrogen-bond donors (Lipinski definition) is 1. The average Bonchev–Trinajstić information content (AvgIpc) is 2.61. The molecule has 0 aliphatic heterocycles. The Balaban J connectivity index is 2.33. The fourth-order valence-corrected chi connectivity index (χ4v) is 11.1. The van der Waals surface area contributed by atoms with Crippen molar-refractivity contribution in [2.24, 2.45) is 5.41 Å². The molecular weight excluding hydrogens is 279 g/mol. The topological polar surface area (TPSA) is 20.2 Å². The van der Waals surface area contributed by atoms with Crippen LogP contribution in [0.1, 0.15) is 32.1 Å². The quantitative estimate of drug-likeness (QED) is 0.738. The predicted octanol–water partition coefficient (Wildman–Crippen LogP) is 3.12. The van der Waals surface area contributed by atoms with Crippen LogP contribution in [0.15, 0.2) is 9.67 Å². The van der Waals surface area contributed by atoms with Crippen LogP contribution in [0.5, 0.6) is 0 Å². The van der Waals surface area contributed by atoms with Crippen molar-refractivity contribution in [3.05, 3.63) is 9.67 Å². The van der Waals surface area contributed by atoms with Gasteiger partial charge in [-0.2, -0.15) is 0 Å². The van der Waals surface area contributed by atoms with Crippen LogP contribution >= 0.6 is 0 Å². The van der Waals surface area contributed by atoms with Gasteiger partial charge in [-0.1, -0.05) is 0 Å². The van der Waals surface area contributed by atoms with Gasteiger partial charge in [0.25, 0.3) is 0 Å². The molecule has 2 aliphatic rings. The van der Waals surface area contributed by atoms with Crippen LogP contribution in [0, 0.1) is 5.41 Å². The van der Waals surface area contributed by atoms with E-state index >= 15 is 0 Å². The van der Waals surface area contributed by atoms with E-state index in [-0.39, 0.29) is 11.5 Å². The van der Waals surface area contributed by atoms with Crippen LogP contribution in [0.4, 0.5) is 0 Å². The third-order valence-corrected chi connectivity index (χ3v) is 10.6. The summed E-state index contributed by atoms with van der Waals surface area (Å²) in [5.74, 6) is 0. The molecule has 14 heavy (non-hydrogen) atoms. The van der Waals surface area contributed by atoms with Gasteiger partial charge in [0, 0.05) is 0 Å². The molecule has 0 heterocycles. The molecule has 1 nitrogen and oxygen atoms in total. The van der Waals surface area contributed by atoms with Crippen LogP contribution in [0.25, 0.3) is 0 Å². The SMILES string of the molecule is [CH3][Sn]([CH3])([CH3])[C]1=CCC[C@@]12CCC[C@H]2O. The van der Waals surface area contributed by atoms with Crippen LogP contribution in [-0.4, -0.2) is 29.6 Å². The summed E-state index contributed by atoms with van der Waals surface area (Å²) < 4.78 is 1.73. The first-order valence-corrected chi connectivity index (χ1v) is 15.8. The maximum absolute atomic E-state index is 10.2. The molecule has 2 rings (SSSR count). The molecule has 0 unspecified atom stereocenters. The van der Waals surface area contributed by atoms with E-state index in [1.165, 1.54) is 25.7 Å². The Kier molecular flexibility index (Phi) is 2.76. The Morgan fingerprint density at radius 3 is 2.57 bits per heavy atom. The van der Waals surface area contributed by atoms with Gasteiger partial charge >= 0.3 is 91.6 Å². The van der Waals surface area contributed by atoms with Gasteiger partial charge in [-0.05, 0) is 0 Å². The standard InChI is InChI=1S/C9H13O.3CH3.Sn/c10-8-4-3-7-9(8)5-1-2-6-9;;;;/h1,8,10H,2-4,6-7H2;3*1H3;/t8-,9-;;;;/m1..../s1. The molecule has 1 spiro atoms. The summed E-state index contributed by atoms with van der Waals surface area (Å²) >= 11 is -1.94. The van der Waals surface area contributed by atoms with Gasteiger partial charge in [0.1, 0.15) is 0 Å². The molecular formula is C12H22OSn. The molecule has 0 saturated heterocycles. The molecule has 0 aromatic rings. The predicted molar refractivity (Wildman–Crippen MR) is 63.0 cm³/mol. The van der Waals surface area contributed by atoms with Crippen molar-refractivity contribution in [2.75, 3.05) is 0 Å². The van der Waals surface area contributed by atoms with Gasteiger partial charge in [0.05, 0.1) is 0 Å². The Hall–Kier alpha value is 0.499. The summed E-state index contributed by atoms with van der Waals surface area (Å²) in [5, 5.41) is 10.2. The van der Waals surface area contributed by atoms with Crippen LogP contribution in [0.2, 0.25) is 14.8 Å². The monoisotopic (exact) mass is 302 g/mol. The van der Waals surface area contributed by atoms with E-state index in [4.69, 9.17) is 0 Å². The summed E-state index contributed by atoms with van der Waals surface area (Å²) in [6.07, 6.45) is 8.45. The molecule has 2 aliphatic carbocycles. The van der Waals surface area contributed by atoms with Gasteiger partial charge in [0.15, 0.2) is 0 Å². The normalized spacial score (nSPS) is 38.0. The van der Waals surface area contributed by atoms with E-state index in [2.05, 4.69) is 20.9 Å². The summed E-state index contributed by atoms with van der Waals surface area (Å²) in [4.78, 5) is 7.45. The molecule has 2 atom stereocenters. The second-order valence-electron chi connectivity index (χ2n) is 5.97. The summed E-state index contributed by atoms with van der Waals surface area (Å²) in [6, 6.07) is 0. The third kappa shape index (κ3) is 1.56. The summed E-state index contributed by atoms with van der Waals surface area (Å²) in [7, 11) is 0. The number of rotatable bonds is 1. The van der Waals surface area contributed by atoms with Crippen LogP contribution in [0.3, 0.4) is 0 Å². The van der Waals surface area contributed by atoms with E-state index in [1.807, 2.05) is 0 Å². The molecule has 80 valence electrons. The van der Waals surface area contributed by atoms with E-state index in [0.717, 1.165) is 6.42 Å². The van der Waals surface area contributed by atoms with E-state index < -0.39 is 18.4 Å². The molecule has 2 heteroatoms. The van der Waals surface area contributed by atoms with E-state index in [0.29, 0.717) is 0 Å². The van der Waals surface area contributed by atoms with Gasteiger partial charge < -0.3 is 0 Å². The maximum atomic E-state index is 10.2. The van der Waals surface area contributed by atoms with Crippen molar-refractivity contribution < 1.29 is 5.11 Å². The molecule has 1 fully saturated rings. The number of allylic oxidation sites excluding steroid dienone is 1. The number of hydrogen-bond acceptors (Lipinski definition) is 1. The van der Waals surface area contributed by atoms with Gasteiger partial charge in [-0.15, -0.1) is 0 Å². The fourth-order valence-electron chi connectivity index (χ4n) is 3.52. The van der Waals surface area contributed by atoms with Crippen LogP contribution in [-0.2, 0) is 0 Å². The van der Waals surface area contributed by atoms with Gasteiger partial charge in [-0.3, -0.25) is 0 Å². The minimum atomic E-state index is -1.94. The second-order valence-corrected chi connectivity index (χ2v) is 20.4. The number of aliphatic hydroxyl groups is 1. The first kappa shape index (κ1) is 11.0. The van der Waals surface area contributed by atoms with Crippen molar-refractivity contribution >= 4 is 18.4 Å². The van der Waals surface area contributed by atoms with Crippen molar-refractivity contribution in [3.63, 3.8) is 0 Å². The van der Waals surface area contributed by atoms with Crippen molar-refractivity contribution in [1.82, 2.24) is 0 Å². The van der Waals surface area contributed by atoms with Gasteiger partial charge in [-0.25, -0.2) is 0 Å².